The quantitative estimate of drug-likeness (QED) is 0.806. The van der Waals surface area contributed by atoms with Crippen LogP contribution in [0.2, 0.25) is 0 Å². The molecule has 0 saturated carbocycles. The highest BCUT2D eigenvalue weighted by atomic mass is 16.5. The van der Waals surface area contributed by atoms with Crippen molar-refractivity contribution in [1.82, 2.24) is 10.2 Å². The lowest BCUT2D eigenvalue weighted by Crippen LogP contribution is -2.52. The fourth-order valence-electron chi connectivity index (χ4n) is 2.68. The summed E-state index contributed by atoms with van der Waals surface area (Å²) in [5.41, 5.74) is 0.499. The molecule has 1 unspecified atom stereocenters. The largest absolute Gasteiger partial charge is 0.497 e. The zero-order valence-corrected chi connectivity index (χ0v) is 14.9. The predicted octanol–water partition coefficient (Wildman–Crippen LogP) is 1.40. The van der Waals surface area contributed by atoms with Gasteiger partial charge < -0.3 is 20.3 Å². The van der Waals surface area contributed by atoms with Crippen molar-refractivity contribution in [3.05, 3.63) is 24.3 Å². The maximum atomic E-state index is 12.4. The smallest absolute Gasteiger partial charge is 0.313 e. The molecule has 2 N–H and O–H groups in total. The number of methoxy groups -OCH3 is 1. The molecule has 0 bridgehead atoms. The van der Waals surface area contributed by atoms with E-state index in [1.807, 2.05) is 13.8 Å². The third kappa shape index (κ3) is 5.20. The highest BCUT2D eigenvalue weighted by Gasteiger charge is 2.29. The van der Waals surface area contributed by atoms with Crippen molar-refractivity contribution >= 4 is 23.4 Å². The summed E-state index contributed by atoms with van der Waals surface area (Å²) >= 11 is 0. The molecule has 7 nitrogen and oxygen atoms in total. The Morgan fingerprint density at radius 3 is 2.72 bits per heavy atom. The van der Waals surface area contributed by atoms with Crippen LogP contribution in [0.4, 0.5) is 5.69 Å². The molecule has 136 valence electrons. The minimum Gasteiger partial charge on any atom is -0.497 e. The first kappa shape index (κ1) is 18.8. The molecular formula is C18H25N3O4. The number of carbonyl (C=O) groups excluding carboxylic acids is 3. The first-order valence-corrected chi connectivity index (χ1v) is 8.45. The zero-order chi connectivity index (χ0) is 18.4. The minimum atomic E-state index is -0.691. The van der Waals surface area contributed by atoms with Gasteiger partial charge in [0.05, 0.1) is 7.11 Å². The number of likely N-dealkylation sites (tertiary alicyclic amines) is 1. The van der Waals surface area contributed by atoms with Crippen LogP contribution in [0.15, 0.2) is 24.3 Å². The van der Waals surface area contributed by atoms with Crippen LogP contribution in [0, 0.1) is 5.92 Å². The average Bonchev–Trinajstić information content (AvgIpc) is 2.61. The summed E-state index contributed by atoms with van der Waals surface area (Å²) in [6, 6.07) is 6.71. The molecule has 1 atom stereocenters. The number of hydrogen-bond acceptors (Lipinski definition) is 4. The van der Waals surface area contributed by atoms with E-state index in [-0.39, 0.29) is 17.9 Å². The summed E-state index contributed by atoms with van der Waals surface area (Å²) in [5, 5.41) is 5.52. The van der Waals surface area contributed by atoms with Crippen LogP contribution in [-0.4, -0.2) is 48.9 Å². The molecule has 0 aromatic heterocycles. The van der Waals surface area contributed by atoms with Gasteiger partial charge in [0.25, 0.3) is 0 Å². The number of benzene rings is 1. The fraction of sp³-hybridized carbons (Fsp3) is 0.500. The average molecular weight is 347 g/mol. The first-order valence-electron chi connectivity index (χ1n) is 8.45. The summed E-state index contributed by atoms with van der Waals surface area (Å²) in [6.45, 7) is 4.51. The molecule has 0 aliphatic carbocycles. The van der Waals surface area contributed by atoms with E-state index >= 15 is 0 Å². The molecule has 3 amide bonds. The Labute approximate surface area is 147 Å². The molecule has 2 rings (SSSR count). The highest BCUT2D eigenvalue weighted by Crippen LogP contribution is 2.17. The van der Waals surface area contributed by atoms with Crippen LogP contribution >= 0.6 is 0 Å². The summed E-state index contributed by atoms with van der Waals surface area (Å²) < 4.78 is 5.10. The van der Waals surface area contributed by atoms with Crippen molar-refractivity contribution in [1.29, 1.82) is 0 Å². The molecule has 1 aliphatic rings. The minimum absolute atomic E-state index is 0.0415. The van der Waals surface area contributed by atoms with Crippen molar-refractivity contribution < 1.29 is 19.1 Å². The Morgan fingerprint density at radius 2 is 2.04 bits per heavy atom. The topological polar surface area (TPSA) is 87.7 Å². The second-order valence-corrected chi connectivity index (χ2v) is 6.44. The van der Waals surface area contributed by atoms with E-state index in [1.54, 1.807) is 24.3 Å². The molecule has 0 spiro atoms. The summed E-state index contributed by atoms with van der Waals surface area (Å²) in [5.74, 6) is -0.836. The molecule has 1 fully saturated rings. The SMILES string of the molecule is COc1cccc(NC(=O)C(=O)N2CCCC(NC(=O)C(C)C)C2)c1. The van der Waals surface area contributed by atoms with Gasteiger partial charge in [-0.1, -0.05) is 19.9 Å². The van der Waals surface area contributed by atoms with Gasteiger partial charge in [-0.2, -0.15) is 0 Å². The zero-order valence-electron chi connectivity index (χ0n) is 14.9. The van der Waals surface area contributed by atoms with Crippen LogP contribution in [0.1, 0.15) is 26.7 Å². The van der Waals surface area contributed by atoms with Crippen molar-refractivity contribution in [3.63, 3.8) is 0 Å². The Hall–Kier alpha value is -2.57. The van der Waals surface area contributed by atoms with Gasteiger partial charge in [-0.15, -0.1) is 0 Å². The van der Waals surface area contributed by atoms with Gasteiger partial charge >= 0.3 is 11.8 Å². The lowest BCUT2D eigenvalue weighted by Gasteiger charge is -2.33. The molecule has 1 aliphatic heterocycles. The van der Waals surface area contributed by atoms with Gasteiger partial charge in [-0.3, -0.25) is 14.4 Å². The molecule has 0 radical (unpaired) electrons. The summed E-state index contributed by atoms with van der Waals surface area (Å²) in [7, 11) is 1.53. The standard InChI is InChI=1S/C18H25N3O4/c1-12(2)16(22)20-14-7-5-9-21(11-14)18(24)17(23)19-13-6-4-8-15(10-13)25-3/h4,6,8,10,12,14H,5,7,9,11H2,1-3H3,(H,19,23)(H,20,22). The molecular weight excluding hydrogens is 322 g/mol. The van der Waals surface area contributed by atoms with Gasteiger partial charge in [0.1, 0.15) is 5.75 Å². The molecule has 7 heteroatoms. The number of ether oxygens (including phenoxy) is 1. The molecule has 1 heterocycles. The van der Waals surface area contributed by atoms with Crippen LogP contribution < -0.4 is 15.4 Å². The number of rotatable bonds is 4. The third-order valence-electron chi connectivity index (χ3n) is 4.10. The van der Waals surface area contributed by atoms with Crippen LogP contribution in [0.5, 0.6) is 5.75 Å². The van der Waals surface area contributed by atoms with Crippen molar-refractivity contribution in [2.45, 2.75) is 32.7 Å². The number of anilines is 1. The van der Waals surface area contributed by atoms with Crippen molar-refractivity contribution in [2.24, 2.45) is 5.92 Å². The van der Waals surface area contributed by atoms with E-state index in [0.29, 0.717) is 24.5 Å². The monoisotopic (exact) mass is 347 g/mol. The maximum absolute atomic E-state index is 12.4. The normalized spacial score (nSPS) is 17.1. The number of amides is 3. The second kappa shape index (κ2) is 8.50. The van der Waals surface area contributed by atoms with E-state index in [0.717, 1.165) is 12.8 Å². The van der Waals surface area contributed by atoms with Crippen molar-refractivity contribution in [2.75, 3.05) is 25.5 Å². The lowest BCUT2D eigenvalue weighted by molar-refractivity contribution is -0.144. The first-order chi connectivity index (χ1) is 11.9. The number of nitrogens with one attached hydrogen (secondary N) is 2. The third-order valence-corrected chi connectivity index (χ3v) is 4.10. The van der Waals surface area contributed by atoms with Crippen LogP contribution in [-0.2, 0) is 14.4 Å². The molecule has 25 heavy (non-hydrogen) atoms. The van der Waals surface area contributed by atoms with Gasteiger partial charge in [0.15, 0.2) is 0 Å². The highest BCUT2D eigenvalue weighted by molar-refractivity contribution is 6.39. The summed E-state index contributed by atoms with van der Waals surface area (Å²) in [4.78, 5) is 37.9. The Kier molecular flexibility index (Phi) is 6.38. The van der Waals surface area contributed by atoms with E-state index < -0.39 is 11.8 Å². The number of carbonyl (C=O) groups is 3. The Morgan fingerprint density at radius 1 is 1.28 bits per heavy atom. The number of piperidine rings is 1. The second-order valence-electron chi connectivity index (χ2n) is 6.44. The van der Waals surface area contributed by atoms with E-state index in [9.17, 15) is 14.4 Å². The van der Waals surface area contributed by atoms with Gasteiger partial charge in [-0.05, 0) is 25.0 Å². The Bertz CT molecular complexity index is 645. The van der Waals surface area contributed by atoms with Crippen molar-refractivity contribution in [3.8, 4) is 5.75 Å². The molecule has 1 aromatic rings. The fourth-order valence-corrected chi connectivity index (χ4v) is 2.68. The van der Waals surface area contributed by atoms with E-state index in [4.69, 9.17) is 4.74 Å². The van der Waals surface area contributed by atoms with Gasteiger partial charge in [0.2, 0.25) is 5.91 Å². The van der Waals surface area contributed by atoms with Gasteiger partial charge in [-0.25, -0.2) is 0 Å². The molecule has 1 saturated heterocycles. The lowest BCUT2D eigenvalue weighted by atomic mass is 10.0. The van der Waals surface area contributed by atoms with E-state index in [2.05, 4.69) is 10.6 Å². The van der Waals surface area contributed by atoms with E-state index in [1.165, 1.54) is 12.0 Å². The Balaban J connectivity index is 1.94. The van der Waals surface area contributed by atoms with Crippen LogP contribution in [0.3, 0.4) is 0 Å². The maximum Gasteiger partial charge on any atom is 0.313 e. The van der Waals surface area contributed by atoms with Gasteiger partial charge in [0, 0.05) is 36.8 Å². The predicted molar refractivity (Wildman–Crippen MR) is 94.2 cm³/mol. The number of hydrogen-bond donors (Lipinski definition) is 2. The molecule has 1 aromatic carbocycles. The number of nitrogens with zero attached hydrogens (tertiary/aromatic N) is 1. The van der Waals surface area contributed by atoms with Crippen LogP contribution in [0.25, 0.3) is 0 Å². The summed E-state index contributed by atoms with van der Waals surface area (Å²) in [6.07, 6.45) is 1.56.